The summed E-state index contributed by atoms with van der Waals surface area (Å²) < 4.78 is 1.88. The van der Waals surface area contributed by atoms with Gasteiger partial charge in [0.1, 0.15) is 0 Å². The monoisotopic (exact) mass is 488 g/mol. The summed E-state index contributed by atoms with van der Waals surface area (Å²) in [6.45, 7) is 2.82. The second kappa shape index (κ2) is 10.3. The molecule has 0 aromatic carbocycles. The van der Waals surface area contributed by atoms with E-state index in [0.717, 1.165) is 24.7 Å². The molecule has 3 heterocycles. The number of aryl methyl sites for hydroxylation is 1. The molecule has 0 amide bonds. The van der Waals surface area contributed by atoms with Gasteiger partial charge < -0.3 is 10.6 Å². The minimum Gasteiger partial charge on any atom is -0.356 e. The van der Waals surface area contributed by atoms with Crippen LogP contribution in [0.5, 0.6) is 0 Å². The van der Waals surface area contributed by atoms with Crippen LogP contribution in [0.3, 0.4) is 0 Å². The van der Waals surface area contributed by atoms with Crippen LogP contribution in [0.15, 0.2) is 34.8 Å². The van der Waals surface area contributed by atoms with Crippen molar-refractivity contribution in [3.63, 3.8) is 0 Å². The summed E-state index contributed by atoms with van der Waals surface area (Å²) >= 11 is 1.86. The van der Waals surface area contributed by atoms with E-state index < -0.39 is 0 Å². The molecule has 1 saturated heterocycles. The average molecular weight is 488 g/mol. The molecule has 144 valence electrons. The number of piperidine rings is 1. The van der Waals surface area contributed by atoms with Crippen molar-refractivity contribution < 1.29 is 0 Å². The lowest BCUT2D eigenvalue weighted by molar-refractivity contribution is 0.125. The molecule has 0 saturated carbocycles. The van der Waals surface area contributed by atoms with E-state index >= 15 is 0 Å². The van der Waals surface area contributed by atoms with Crippen LogP contribution in [-0.2, 0) is 13.6 Å². The highest BCUT2D eigenvalue weighted by Gasteiger charge is 2.31. The number of halogens is 1. The van der Waals surface area contributed by atoms with Crippen molar-refractivity contribution in [2.75, 3.05) is 27.2 Å². The number of likely N-dealkylation sites (tertiary alicyclic amines) is 1. The van der Waals surface area contributed by atoms with Crippen LogP contribution in [0, 0.1) is 5.92 Å². The maximum Gasteiger partial charge on any atom is 0.191 e. The van der Waals surface area contributed by atoms with Crippen LogP contribution in [0.1, 0.15) is 29.5 Å². The van der Waals surface area contributed by atoms with E-state index in [1.54, 1.807) is 0 Å². The summed E-state index contributed by atoms with van der Waals surface area (Å²) in [5.74, 6) is 1.44. The van der Waals surface area contributed by atoms with E-state index in [1.807, 2.05) is 42.4 Å². The highest BCUT2D eigenvalue weighted by Crippen LogP contribution is 2.36. The van der Waals surface area contributed by atoms with Gasteiger partial charge in [0.25, 0.3) is 0 Å². The molecule has 2 unspecified atom stereocenters. The van der Waals surface area contributed by atoms with E-state index in [4.69, 9.17) is 0 Å². The number of thiophene rings is 1. The Bertz CT molecular complexity index is 684. The van der Waals surface area contributed by atoms with Gasteiger partial charge in [0.05, 0.1) is 12.2 Å². The van der Waals surface area contributed by atoms with Crippen molar-refractivity contribution in [2.45, 2.75) is 25.4 Å². The number of aromatic nitrogens is 2. The predicted octanol–water partition coefficient (Wildman–Crippen LogP) is 2.85. The first kappa shape index (κ1) is 21.2. The lowest BCUT2D eigenvalue weighted by Crippen LogP contribution is -2.44. The molecule has 6 nitrogen and oxygen atoms in total. The zero-order chi connectivity index (χ0) is 17.6. The number of rotatable bonds is 5. The number of aliphatic imine (C=N–C) groups is 1. The van der Waals surface area contributed by atoms with Gasteiger partial charge in [0.15, 0.2) is 5.96 Å². The maximum atomic E-state index is 4.36. The Kier molecular flexibility index (Phi) is 8.36. The van der Waals surface area contributed by atoms with Crippen molar-refractivity contribution in [3.05, 3.63) is 40.3 Å². The van der Waals surface area contributed by atoms with Crippen molar-refractivity contribution in [1.82, 2.24) is 25.3 Å². The fraction of sp³-hybridized carbons (Fsp3) is 0.556. The second-order valence-corrected chi connectivity index (χ2v) is 7.58. The SMILES string of the molecule is CN=C(NCc1ccnn1C)NCC1CCCN(C)C1c1cccs1.I. The normalized spacial score (nSPS) is 21.3. The first-order valence-electron chi connectivity index (χ1n) is 8.84. The van der Waals surface area contributed by atoms with E-state index in [9.17, 15) is 0 Å². The molecule has 2 aromatic heterocycles. The Morgan fingerprint density at radius 3 is 2.85 bits per heavy atom. The summed E-state index contributed by atoms with van der Waals surface area (Å²) in [7, 11) is 6.02. The van der Waals surface area contributed by atoms with E-state index in [0.29, 0.717) is 12.0 Å². The molecule has 1 aliphatic rings. The Morgan fingerprint density at radius 1 is 1.35 bits per heavy atom. The minimum absolute atomic E-state index is 0. The van der Waals surface area contributed by atoms with Crippen LogP contribution >= 0.6 is 35.3 Å². The summed E-state index contributed by atoms with van der Waals surface area (Å²) in [6, 6.07) is 6.93. The van der Waals surface area contributed by atoms with Gasteiger partial charge in [0, 0.05) is 37.8 Å². The quantitative estimate of drug-likeness (QED) is 0.386. The summed E-state index contributed by atoms with van der Waals surface area (Å²) in [6.07, 6.45) is 4.32. The Hall–Kier alpha value is -1.13. The zero-order valence-corrected chi connectivity index (χ0v) is 18.8. The summed E-state index contributed by atoms with van der Waals surface area (Å²) in [5, 5.41) is 13.3. The summed E-state index contributed by atoms with van der Waals surface area (Å²) in [4.78, 5) is 8.32. The number of nitrogens with zero attached hydrogens (tertiary/aromatic N) is 4. The number of guanidine groups is 1. The molecule has 2 atom stereocenters. The van der Waals surface area contributed by atoms with Gasteiger partial charge in [-0.15, -0.1) is 35.3 Å². The molecule has 2 aromatic rings. The van der Waals surface area contributed by atoms with Crippen LogP contribution in [-0.4, -0.2) is 47.8 Å². The lowest BCUT2D eigenvalue weighted by Gasteiger charge is -2.39. The van der Waals surface area contributed by atoms with E-state index in [-0.39, 0.29) is 24.0 Å². The molecule has 0 bridgehead atoms. The molecule has 1 fully saturated rings. The minimum atomic E-state index is 0. The molecular formula is C18H29IN6S. The van der Waals surface area contributed by atoms with Gasteiger partial charge >= 0.3 is 0 Å². The molecule has 3 rings (SSSR count). The van der Waals surface area contributed by atoms with Gasteiger partial charge in [0.2, 0.25) is 0 Å². The third kappa shape index (κ3) is 5.20. The molecule has 0 aliphatic carbocycles. The smallest absolute Gasteiger partial charge is 0.191 e. The molecule has 0 radical (unpaired) electrons. The molecular weight excluding hydrogens is 459 g/mol. The van der Waals surface area contributed by atoms with Gasteiger partial charge in [-0.1, -0.05) is 6.07 Å². The summed E-state index contributed by atoms with van der Waals surface area (Å²) in [5.41, 5.74) is 1.14. The van der Waals surface area contributed by atoms with E-state index in [2.05, 4.69) is 50.2 Å². The zero-order valence-electron chi connectivity index (χ0n) is 15.7. The van der Waals surface area contributed by atoms with E-state index in [1.165, 1.54) is 24.3 Å². The van der Waals surface area contributed by atoms with Gasteiger partial charge in [-0.05, 0) is 49.9 Å². The highest BCUT2D eigenvalue weighted by molar-refractivity contribution is 14.0. The lowest BCUT2D eigenvalue weighted by atomic mass is 9.88. The van der Waals surface area contributed by atoms with Crippen LogP contribution in [0.2, 0.25) is 0 Å². The molecule has 26 heavy (non-hydrogen) atoms. The van der Waals surface area contributed by atoms with Crippen molar-refractivity contribution in [2.24, 2.45) is 18.0 Å². The number of hydrogen-bond acceptors (Lipinski definition) is 4. The highest BCUT2D eigenvalue weighted by atomic mass is 127. The number of nitrogens with one attached hydrogen (secondary N) is 2. The predicted molar refractivity (Wildman–Crippen MR) is 119 cm³/mol. The third-order valence-corrected chi connectivity index (χ3v) is 5.90. The van der Waals surface area contributed by atoms with Crippen LogP contribution in [0.25, 0.3) is 0 Å². The largest absolute Gasteiger partial charge is 0.356 e. The second-order valence-electron chi connectivity index (χ2n) is 6.60. The third-order valence-electron chi connectivity index (χ3n) is 4.96. The van der Waals surface area contributed by atoms with Gasteiger partial charge in [-0.25, -0.2) is 0 Å². The Morgan fingerprint density at radius 2 is 2.19 bits per heavy atom. The molecule has 2 N–H and O–H groups in total. The standard InChI is InChI=1S/C18H28N6S.HI/c1-19-18(21-13-15-8-9-22-24(15)3)20-12-14-6-4-10-23(2)17(14)16-7-5-11-25-16;/h5,7-9,11,14,17H,4,6,10,12-13H2,1-3H3,(H2,19,20,21);1H. The van der Waals surface area contributed by atoms with Gasteiger partial charge in [-0.3, -0.25) is 14.6 Å². The van der Waals surface area contributed by atoms with Crippen molar-refractivity contribution >= 4 is 41.3 Å². The van der Waals surface area contributed by atoms with Crippen molar-refractivity contribution in [3.8, 4) is 0 Å². The fourth-order valence-electron chi connectivity index (χ4n) is 3.58. The Balaban J connectivity index is 0.00000243. The first-order valence-corrected chi connectivity index (χ1v) is 9.72. The maximum absolute atomic E-state index is 4.36. The van der Waals surface area contributed by atoms with Crippen LogP contribution in [0.4, 0.5) is 0 Å². The number of hydrogen-bond donors (Lipinski definition) is 2. The average Bonchev–Trinajstić information content (AvgIpc) is 3.27. The Labute approximate surface area is 177 Å². The molecule has 8 heteroatoms. The van der Waals surface area contributed by atoms with Crippen LogP contribution < -0.4 is 10.6 Å². The fourth-order valence-corrected chi connectivity index (χ4v) is 4.56. The molecule has 0 spiro atoms. The van der Waals surface area contributed by atoms with Crippen molar-refractivity contribution in [1.29, 1.82) is 0 Å². The molecule has 1 aliphatic heterocycles. The van der Waals surface area contributed by atoms with Gasteiger partial charge in [-0.2, -0.15) is 5.10 Å². The topological polar surface area (TPSA) is 57.5 Å². The first-order chi connectivity index (χ1) is 12.2.